The van der Waals surface area contributed by atoms with Gasteiger partial charge in [-0.1, -0.05) is 12.8 Å². The summed E-state index contributed by atoms with van der Waals surface area (Å²) in [6.07, 6.45) is 6.86. The predicted octanol–water partition coefficient (Wildman–Crippen LogP) is 2.14. The number of ether oxygens (including phenoxy) is 1. The topological polar surface area (TPSA) is 35.0 Å². The molecule has 3 heteroatoms. The van der Waals surface area contributed by atoms with Gasteiger partial charge in [0, 0.05) is 18.2 Å². The van der Waals surface area contributed by atoms with Gasteiger partial charge >= 0.3 is 0 Å². The minimum absolute atomic E-state index is 0.565. The summed E-state index contributed by atoms with van der Waals surface area (Å²) < 4.78 is 5.06. The smallest absolute Gasteiger partial charge is 0.216 e. The van der Waals surface area contributed by atoms with Gasteiger partial charge in [-0.2, -0.15) is 4.98 Å². The lowest BCUT2D eigenvalue weighted by molar-refractivity contribution is 0.393. The van der Waals surface area contributed by atoms with Crippen LogP contribution in [0.2, 0.25) is 0 Å². The molecule has 0 N–H and O–H groups in total. The second kappa shape index (κ2) is 3.73. The van der Waals surface area contributed by atoms with Crippen LogP contribution in [0.1, 0.15) is 37.4 Å². The number of hydrogen-bond acceptors (Lipinski definition) is 3. The van der Waals surface area contributed by atoms with Gasteiger partial charge in [0.05, 0.1) is 7.11 Å². The van der Waals surface area contributed by atoms with E-state index in [9.17, 15) is 0 Å². The Kier molecular flexibility index (Phi) is 2.43. The molecule has 0 aromatic carbocycles. The van der Waals surface area contributed by atoms with Gasteiger partial charge in [0.2, 0.25) is 5.88 Å². The van der Waals surface area contributed by atoms with Crippen molar-refractivity contribution in [2.75, 3.05) is 7.11 Å². The Labute approximate surface area is 78.2 Å². The molecule has 0 unspecified atom stereocenters. The summed E-state index contributed by atoms with van der Waals surface area (Å²) in [5.41, 5.74) is 0. The molecule has 1 aromatic heterocycles. The quantitative estimate of drug-likeness (QED) is 0.696. The molecule has 13 heavy (non-hydrogen) atoms. The van der Waals surface area contributed by atoms with Crippen LogP contribution in [0.4, 0.5) is 0 Å². The first kappa shape index (κ1) is 8.48. The molecule has 1 aliphatic rings. The monoisotopic (exact) mass is 178 g/mol. The van der Waals surface area contributed by atoms with Crippen LogP contribution in [-0.2, 0) is 0 Å². The highest BCUT2D eigenvalue weighted by Gasteiger charge is 2.19. The third kappa shape index (κ3) is 1.79. The number of methoxy groups -OCH3 is 1. The lowest BCUT2D eigenvalue weighted by Gasteiger charge is -2.07. The maximum atomic E-state index is 5.06. The van der Waals surface area contributed by atoms with E-state index in [2.05, 4.69) is 9.97 Å². The van der Waals surface area contributed by atoms with Gasteiger partial charge in [0.25, 0.3) is 0 Å². The fraction of sp³-hybridized carbons (Fsp3) is 0.600. The zero-order valence-electron chi connectivity index (χ0n) is 7.86. The molecule has 0 bridgehead atoms. The van der Waals surface area contributed by atoms with Crippen molar-refractivity contribution in [1.82, 2.24) is 9.97 Å². The van der Waals surface area contributed by atoms with Gasteiger partial charge in [-0.05, 0) is 12.8 Å². The second-order valence-corrected chi connectivity index (χ2v) is 3.44. The van der Waals surface area contributed by atoms with Crippen molar-refractivity contribution in [3.8, 4) is 5.88 Å². The zero-order valence-corrected chi connectivity index (χ0v) is 7.86. The molecule has 0 saturated heterocycles. The van der Waals surface area contributed by atoms with Gasteiger partial charge in [-0.25, -0.2) is 4.98 Å². The fourth-order valence-electron chi connectivity index (χ4n) is 1.85. The normalized spacial score (nSPS) is 17.6. The number of rotatable bonds is 2. The van der Waals surface area contributed by atoms with Crippen molar-refractivity contribution in [3.63, 3.8) is 0 Å². The van der Waals surface area contributed by atoms with Crippen LogP contribution in [0, 0.1) is 0 Å². The van der Waals surface area contributed by atoms with Crippen molar-refractivity contribution in [1.29, 1.82) is 0 Å². The highest BCUT2D eigenvalue weighted by atomic mass is 16.5. The first-order valence-corrected chi connectivity index (χ1v) is 4.77. The summed E-state index contributed by atoms with van der Waals surface area (Å²) in [6.45, 7) is 0. The lowest BCUT2D eigenvalue weighted by atomic mass is 10.1. The molecule has 3 nitrogen and oxygen atoms in total. The summed E-state index contributed by atoms with van der Waals surface area (Å²) in [4.78, 5) is 8.62. The molecule has 0 atom stereocenters. The minimum atomic E-state index is 0.565. The fourth-order valence-corrected chi connectivity index (χ4v) is 1.85. The van der Waals surface area contributed by atoms with Gasteiger partial charge in [0.15, 0.2) is 0 Å². The van der Waals surface area contributed by atoms with Gasteiger partial charge in [-0.3, -0.25) is 0 Å². The Hall–Kier alpha value is -1.12. The molecule has 1 aliphatic carbocycles. The van der Waals surface area contributed by atoms with Crippen molar-refractivity contribution in [2.45, 2.75) is 31.6 Å². The first-order valence-electron chi connectivity index (χ1n) is 4.77. The molecule has 1 fully saturated rings. The summed E-state index contributed by atoms with van der Waals surface area (Å²) in [5.74, 6) is 2.20. The molecule has 2 rings (SSSR count). The third-order valence-corrected chi connectivity index (χ3v) is 2.58. The van der Waals surface area contributed by atoms with E-state index >= 15 is 0 Å². The molecular formula is C10H14N2O. The summed E-state index contributed by atoms with van der Waals surface area (Å²) >= 11 is 0. The van der Waals surface area contributed by atoms with E-state index in [-0.39, 0.29) is 0 Å². The van der Waals surface area contributed by atoms with E-state index in [1.165, 1.54) is 25.7 Å². The Morgan fingerprint density at radius 2 is 2.15 bits per heavy atom. The van der Waals surface area contributed by atoms with Gasteiger partial charge < -0.3 is 4.74 Å². The predicted molar refractivity (Wildman–Crippen MR) is 49.8 cm³/mol. The van der Waals surface area contributed by atoms with Crippen LogP contribution in [0.5, 0.6) is 5.88 Å². The molecule has 0 aliphatic heterocycles. The van der Waals surface area contributed by atoms with Crippen LogP contribution in [-0.4, -0.2) is 17.1 Å². The maximum Gasteiger partial charge on any atom is 0.216 e. The van der Waals surface area contributed by atoms with Crippen molar-refractivity contribution in [2.24, 2.45) is 0 Å². The van der Waals surface area contributed by atoms with E-state index < -0.39 is 0 Å². The van der Waals surface area contributed by atoms with Gasteiger partial charge in [0.1, 0.15) is 5.82 Å². The van der Waals surface area contributed by atoms with E-state index in [1.807, 2.05) is 0 Å². The minimum Gasteiger partial charge on any atom is -0.481 e. The van der Waals surface area contributed by atoms with Crippen molar-refractivity contribution in [3.05, 3.63) is 18.1 Å². The molecule has 0 spiro atoms. The van der Waals surface area contributed by atoms with Crippen LogP contribution in [0.3, 0.4) is 0 Å². The Balaban J connectivity index is 2.18. The summed E-state index contributed by atoms with van der Waals surface area (Å²) in [5, 5.41) is 0. The SMILES string of the molecule is COc1ccnc(C2CCCC2)n1. The number of hydrogen-bond donors (Lipinski definition) is 0. The summed E-state index contributed by atoms with van der Waals surface area (Å²) in [6, 6.07) is 1.79. The lowest BCUT2D eigenvalue weighted by Crippen LogP contribution is -2.01. The van der Waals surface area contributed by atoms with Crippen LogP contribution >= 0.6 is 0 Å². The highest BCUT2D eigenvalue weighted by Crippen LogP contribution is 2.32. The third-order valence-electron chi connectivity index (χ3n) is 2.58. The number of nitrogens with zero attached hydrogens (tertiary/aromatic N) is 2. The Bertz CT molecular complexity index is 282. The largest absolute Gasteiger partial charge is 0.481 e. The first-order chi connectivity index (χ1) is 6.40. The average molecular weight is 178 g/mol. The van der Waals surface area contributed by atoms with E-state index in [1.54, 1.807) is 19.4 Å². The van der Waals surface area contributed by atoms with Gasteiger partial charge in [-0.15, -0.1) is 0 Å². The maximum absolute atomic E-state index is 5.06. The second-order valence-electron chi connectivity index (χ2n) is 3.44. The Morgan fingerprint density at radius 1 is 1.38 bits per heavy atom. The van der Waals surface area contributed by atoms with Crippen LogP contribution in [0.25, 0.3) is 0 Å². The molecule has 1 aromatic rings. The highest BCUT2D eigenvalue weighted by molar-refractivity contribution is 5.11. The molecule has 0 amide bonds. The van der Waals surface area contributed by atoms with Crippen LogP contribution < -0.4 is 4.74 Å². The molecule has 0 radical (unpaired) electrons. The molecule has 1 heterocycles. The number of aromatic nitrogens is 2. The Morgan fingerprint density at radius 3 is 2.85 bits per heavy atom. The summed E-state index contributed by atoms with van der Waals surface area (Å²) in [7, 11) is 1.64. The van der Waals surface area contributed by atoms with E-state index in [0.29, 0.717) is 11.8 Å². The molecular weight excluding hydrogens is 164 g/mol. The van der Waals surface area contributed by atoms with E-state index in [0.717, 1.165) is 5.82 Å². The van der Waals surface area contributed by atoms with E-state index in [4.69, 9.17) is 4.74 Å². The van der Waals surface area contributed by atoms with Crippen molar-refractivity contribution < 1.29 is 4.74 Å². The molecule has 1 saturated carbocycles. The van der Waals surface area contributed by atoms with Crippen LogP contribution in [0.15, 0.2) is 12.3 Å². The van der Waals surface area contributed by atoms with Crippen molar-refractivity contribution >= 4 is 0 Å². The standard InChI is InChI=1S/C10H14N2O/c1-13-9-6-7-11-10(12-9)8-4-2-3-5-8/h6-8H,2-5H2,1H3. The average Bonchev–Trinajstić information content (AvgIpc) is 2.71. The zero-order chi connectivity index (χ0) is 9.10. The molecule has 70 valence electrons.